The van der Waals surface area contributed by atoms with Crippen molar-refractivity contribution in [2.24, 2.45) is 0 Å². The van der Waals surface area contributed by atoms with E-state index in [9.17, 15) is 0 Å². The van der Waals surface area contributed by atoms with Gasteiger partial charge < -0.3 is 8.65 Å². The summed E-state index contributed by atoms with van der Waals surface area (Å²) in [5.74, 6) is 3.43. The molecular formula is C47H30N6OSi. The second-order valence-corrected chi connectivity index (χ2v) is 17.3. The lowest BCUT2D eigenvalue weighted by Gasteiger charge is -2.32. The molecule has 0 amide bonds. The van der Waals surface area contributed by atoms with Gasteiger partial charge in [0.25, 0.3) is 8.24 Å². The van der Waals surface area contributed by atoms with Crippen molar-refractivity contribution < 1.29 is 4.42 Å². The van der Waals surface area contributed by atoms with Crippen LogP contribution in [-0.4, -0.2) is 37.4 Å². The third-order valence-electron chi connectivity index (χ3n) is 10.5. The van der Waals surface area contributed by atoms with Crippen LogP contribution in [-0.2, 0) is 0 Å². The highest BCUT2D eigenvalue weighted by Gasteiger charge is 2.51. The van der Waals surface area contributed by atoms with E-state index < -0.39 is 8.24 Å². The van der Waals surface area contributed by atoms with Crippen molar-refractivity contribution in [3.8, 4) is 57.0 Å². The van der Waals surface area contributed by atoms with Gasteiger partial charge >= 0.3 is 0 Å². The minimum atomic E-state index is -3.15. The molecule has 10 aromatic rings. The number of nitrogens with zero attached hydrogens (tertiary/aromatic N) is 6. The number of hydrogen-bond donors (Lipinski definition) is 0. The predicted molar refractivity (Wildman–Crippen MR) is 221 cm³/mol. The van der Waals surface area contributed by atoms with Crippen LogP contribution in [0.5, 0.6) is 0 Å². The highest BCUT2D eigenvalue weighted by Crippen LogP contribution is 2.36. The Morgan fingerprint density at radius 3 is 1.67 bits per heavy atom. The van der Waals surface area contributed by atoms with Crippen molar-refractivity contribution in [3.05, 3.63) is 182 Å². The van der Waals surface area contributed by atoms with Crippen molar-refractivity contribution in [3.63, 3.8) is 0 Å². The Balaban J connectivity index is 1.18. The maximum Gasteiger partial charge on any atom is 0.259 e. The Kier molecular flexibility index (Phi) is 7.05. The summed E-state index contributed by atoms with van der Waals surface area (Å²) < 4.78 is 8.88. The van der Waals surface area contributed by atoms with E-state index in [1.54, 1.807) is 0 Å². The summed E-state index contributed by atoms with van der Waals surface area (Å²) >= 11 is 0. The van der Waals surface area contributed by atoms with Crippen LogP contribution in [0.25, 0.3) is 79.1 Å². The number of hydrogen-bond acceptors (Lipinski definition) is 6. The smallest absolute Gasteiger partial charge is 0.259 e. The van der Waals surface area contributed by atoms with E-state index in [1.807, 2.05) is 84.9 Å². The van der Waals surface area contributed by atoms with Crippen LogP contribution >= 0.6 is 0 Å². The second kappa shape index (κ2) is 12.4. The lowest BCUT2D eigenvalue weighted by Crippen LogP contribution is -2.70. The Hall–Kier alpha value is -7.29. The molecule has 0 saturated heterocycles. The van der Waals surface area contributed by atoms with Gasteiger partial charge in [-0.05, 0) is 58.0 Å². The summed E-state index contributed by atoms with van der Waals surface area (Å²) in [4.78, 5) is 25.4. The number of imidazole rings is 1. The summed E-state index contributed by atoms with van der Waals surface area (Å²) in [7, 11) is -3.15. The van der Waals surface area contributed by atoms with E-state index in [0.29, 0.717) is 23.4 Å². The Morgan fingerprint density at radius 1 is 0.418 bits per heavy atom. The number of oxazole rings is 1. The van der Waals surface area contributed by atoms with Crippen molar-refractivity contribution >= 4 is 45.9 Å². The van der Waals surface area contributed by atoms with Crippen molar-refractivity contribution in [2.45, 2.75) is 0 Å². The fourth-order valence-electron chi connectivity index (χ4n) is 8.09. The highest BCUT2D eigenvalue weighted by atomic mass is 28.3. The van der Waals surface area contributed by atoms with E-state index in [-0.39, 0.29) is 0 Å². The molecule has 0 N–H and O–H groups in total. The van der Waals surface area contributed by atoms with Gasteiger partial charge in [0.2, 0.25) is 5.89 Å². The SMILES string of the molecule is c1ccc(-c2nc(-c3ccccc3)nc(-c3cccc([Si]4(c5cccc(-c6nc7ccccc7o6)c5)c5ccccc5-c5nc6ccccc6n54)c3)n2)cc1. The molecule has 0 radical (unpaired) electrons. The van der Waals surface area contributed by atoms with Gasteiger partial charge in [-0.15, -0.1) is 0 Å². The molecule has 1 unspecified atom stereocenters. The maximum atomic E-state index is 6.34. The zero-order valence-electron chi connectivity index (χ0n) is 29.4. The third kappa shape index (κ3) is 4.92. The normalized spacial score (nSPS) is 14.6. The first-order valence-electron chi connectivity index (χ1n) is 18.3. The molecule has 4 heterocycles. The van der Waals surface area contributed by atoms with Crippen LogP contribution in [0.3, 0.4) is 0 Å². The van der Waals surface area contributed by atoms with Gasteiger partial charge in [0.05, 0.1) is 11.0 Å². The van der Waals surface area contributed by atoms with Crippen molar-refractivity contribution in [2.75, 3.05) is 0 Å². The number of aromatic nitrogens is 6. The molecule has 0 bridgehead atoms. The lowest BCUT2D eigenvalue weighted by atomic mass is 10.1. The maximum absolute atomic E-state index is 6.34. The van der Waals surface area contributed by atoms with Crippen molar-refractivity contribution in [1.29, 1.82) is 0 Å². The molecule has 11 rings (SSSR count). The van der Waals surface area contributed by atoms with E-state index in [1.165, 1.54) is 15.6 Å². The van der Waals surface area contributed by atoms with Gasteiger partial charge in [0.15, 0.2) is 23.1 Å². The first-order valence-corrected chi connectivity index (χ1v) is 20.2. The van der Waals surface area contributed by atoms with Gasteiger partial charge in [-0.1, -0.05) is 140 Å². The van der Waals surface area contributed by atoms with Gasteiger partial charge in [-0.25, -0.2) is 24.9 Å². The highest BCUT2D eigenvalue weighted by molar-refractivity contribution is 7.12. The van der Waals surface area contributed by atoms with Crippen LogP contribution in [0.1, 0.15) is 0 Å². The molecular weight excluding hydrogens is 693 g/mol. The van der Waals surface area contributed by atoms with Gasteiger partial charge in [-0.3, -0.25) is 0 Å². The molecule has 3 aromatic heterocycles. The van der Waals surface area contributed by atoms with Crippen LogP contribution < -0.4 is 15.6 Å². The summed E-state index contributed by atoms with van der Waals surface area (Å²) in [6.45, 7) is 0. The minimum absolute atomic E-state index is 0.593. The van der Waals surface area contributed by atoms with E-state index in [4.69, 9.17) is 29.3 Å². The number of rotatable bonds is 6. The van der Waals surface area contributed by atoms with Gasteiger partial charge in [0.1, 0.15) is 11.3 Å². The molecule has 1 aliphatic rings. The van der Waals surface area contributed by atoms with Gasteiger partial charge in [0, 0.05) is 27.8 Å². The Morgan fingerprint density at radius 2 is 0.964 bits per heavy atom. The summed E-state index contributed by atoms with van der Waals surface area (Å²) in [6, 6.07) is 62.9. The molecule has 7 nitrogen and oxygen atoms in total. The first kappa shape index (κ1) is 31.3. The molecule has 1 aliphatic heterocycles. The summed E-state index contributed by atoms with van der Waals surface area (Å²) in [6.07, 6.45) is 0. The lowest BCUT2D eigenvalue weighted by molar-refractivity contribution is 0.620. The quantitative estimate of drug-likeness (QED) is 0.160. The first-order chi connectivity index (χ1) is 27.2. The van der Waals surface area contributed by atoms with Gasteiger partial charge in [-0.2, -0.15) is 0 Å². The molecule has 0 saturated carbocycles. The second-order valence-electron chi connectivity index (χ2n) is 13.7. The average Bonchev–Trinajstić information content (AvgIpc) is 3.95. The number of fused-ring (bicyclic) bond motifs is 6. The summed E-state index contributed by atoms with van der Waals surface area (Å²) in [5.41, 5.74) is 8.49. The molecule has 1 atom stereocenters. The molecule has 55 heavy (non-hydrogen) atoms. The monoisotopic (exact) mass is 722 g/mol. The molecule has 0 fully saturated rings. The van der Waals surface area contributed by atoms with Crippen molar-refractivity contribution in [1.82, 2.24) is 29.2 Å². The summed E-state index contributed by atoms with van der Waals surface area (Å²) in [5, 5.41) is 3.63. The fourth-order valence-corrected chi connectivity index (χ4v) is 13.2. The minimum Gasteiger partial charge on any atom is -0.436 e. The average molecular weight is 723 g/mol. The van der Waals surface area contributed by atoms with E-state index in [2.05, 4.69) is 101 Å². The fraction of sp³-hybridized carbons (Fsp3) is 0. The Bertz CT molecular complexity index is 2980. The molecule has 7 aromatic carbocycles. The van der Waals surface area contributed by atoms with Crippen LogP contribution in [0.4, 0.5) is 0 Å². The zero-order chi connectivity index (χ0) is 36.3. The zero-order valence-corrected chi connectivity index (χ0v) is 30.4. The van der Waals surface area contributed by atoms with E-state index >= 15 is 0 Å². The molecule has 0 aliphatic carbocycles. The number of para-hydroxylation sites is 4. The predicted octanol–water partition coefficient (Wildman–Crippen LogP) is 8.53. The third-order valence-corrected chi connectivity index (χ3v) is 15.1. The molecule has 0 spiro atoms. The number of benzene rings is 7. The molecule has 258 valence electrons. The largest absolute Gasteiger partial charge is 0.436 e. The van der Waals surface area contributed by atoms with E-state index in [0.717, 1.165) is 55.8 Å². The topological polar surface area (TPSA) is 82.5 Å². The standard InChI is InChI=1S/C47H30N6OSi/c1-3-15-31(16-4-1)43-50-44(32-17-5-2-6-18-32)52-45(51-43)33-19-13-21-35(29-33)55(36-22-14-20-34(30-36)47-49-39-25-9-11-27-41(39)54-47)42-28-12-7-23-37(42)46-48-38-24-8-10-26-40(38)53(46)55/h1-30H. The molecule has 8 heteroatoms. The Labute approximate surface area is 317 Å². The van der Waals surface area contributed by atoms with Crippen LogP contribution in [0, 0.1) is 0 Å². The van der Waals surface area contributed by atoms with Crippen LogP contribution in [0.15, 0.2) is 186 Å². The van der Waals surface area contributed by atoms with Crippen LogP contribution in [0.2, 0.25) is 0 Å².